The maximum Gasteiger partial charge on any atom is 0.236 e. The van der Waals surface area contributed by atoms with E-state index in [0.717, 1.165) is 11.1 Å². The van der Waals surface area contributed by atoms with Crippen LogP contribution in [0.25, 0.3) is 6.08 Å². The Bertz CT molecular complexity index is 888. The van der Waals surface area contributed by atoms with E-state index in [2.05, 4.69) is 5.32 Å². The lowest BCUT2D eigenvalue weighted by molar-refractivity contribution is -0.122. The first-order chi connectivity index (χ1) is 13.5. The summed E-state index contributed by atoms with van der Waals surface area (Å²) in [6.07, 6.45) is 4.05. The molecule has 0 unspecified atom stereocenters. The number of piperidine rings is 1. The first kappa shape index (κ1) is 20.3. The molecule has 148 valence electrons. The van der Waals surface area contributed by atoms with Crippen molar-refractivity contribution in [1.82, 2.24) is 9.62 Å². The molecule has 28 heavy (non-hydrogen) atoms. The van der Waals surface area contributed by atoms with E-state index in [9.17, 15) is 13.2 Å². The van der Waals surface area contributed by atoms with Gasteiger partial charge in [-0.2, -0.15) is 4.31 Å². The van der Waals surface area contributed by atoms with Gasteiger partial charge in [-0.3, -0.25) is 4.79 Å². The van der Waals surface area contributed by atoms with E-state index in [0.29, 0.717) is 38.8 Å². The van der Waals surface area contributed by atoms with E-state index in [1.165, 1.54) is 9.71 Å². The van der Waals surface area contributed by atoms with Crippen LogP contribution >= 0.6 is 0 Å². The fraction of sp³-hybridized carbons (Fsp3) is 0.318. The number of benzene rings is 2. The van der Waals surface area contributed by atoms with Crippen molar-refractivity contribution in [3.05, 3.63) is 77.2 Å². The van der Waals surface area contributed by atoms with Crippen LogP contribution in [0.2, 0.25) is 0 Å². The Morgan fingerprint density at radius 1 is 1.00 bits per heavy atom. The smallest absolute Gasteiger partial charge is 0.236 e. The maximum absolute atomic E-state index is 12.5. The predicted molar refractivity (Wildman–Crippen MR) is 112 cm³/mol. The van der Waals surface area contributed by atoms with Gasteiger partial charge in [-0.25, -0.2) is 8.42 Å². The van der Waals surface area contributed by atoms with E-state index >= 15 is 0 Å². The normalized spacial score (nSPS) is 16.3. The van der Waals surface area contributed by atoms with Gasteiger partial charge in [0, 0.05) is 31.0 Å². The molecule has 1 fully saturated rings. The number of aryl methyl sites for hydroxylation is 1. The molecule has 1 heterocycles. The molecule has 2 aromatic carbocycles. The van der Waals surface area contributed by atoms with Crippen LogP contribution in [0.1, 0.15) is 30.4 Å². The lowest BCUT2D eigenvalue weighted by Crippen LogP contribution is -2.46. The Labute approximate surface area is 167 Å². The Morgan fingerprint density at radius 2 is 1.61 bits per heavy atom. The molecule has 6 heteroatoms. The number of sulfonamides is 1. The van der Waals surface area contributed by atoms with Crippen LogP contribution in [-0.2, 0) is 21.2 Å². The van der Waals surface area contributed by atoms with Gasteiger partial charge in [-0.05, 0) is 36.5 Å². The van der Waals surface area contributed by atoms with Gasteiger partial charge in [0.05, 0.1) is 0 Å². The number of carbonyl (C=O) groups is 1. The average Bonchev–Trinajstić information content (AvgIpc) is 2.73. The van der Waals surface area contributed by atoms with E-state index in [1.54, 1.807) is 6.08 Å². The molecule has 0 bridgehead atoms. The second-order valence-corrected chi connectivity index (χ2v) is 8.80. The second-order valence-electron chi connectivity index (χ2n) is 6.98. The minimum absolute atomic E-state index is 0.0223. The van der Waals surface area contributed by atoms with Crippen molar-refractivity contribution < 1.29 is 13.2 Å². The fourth-order valence-corrected chi connectivity index (χ4v) is 4.49. The minimum Gasteiger partial charge on any atom is -0.353 e. The van der Waals surface area contributed by atoms with Crippen LogP contribution in [0.3, 0.4) is 0 Å². The summed E-state index contributed by atoms with van der Waals surface area (Å²) in [7, 11) is -3.44. The van der Waals surface area contributed by atoms with Crippen LogP contribution in [0, 0.1) is 0 Å². The van der Waals surface area contributed by atoms with Crippen LogP contribution in [-0.4, -0.2) is 37.8 Å². The minimum atomic E-state index is -3.44. The summed E-state index contributed by atoms with van der Waals surface area (Å²) >= 11 is 0. The summed E-state index contributed by atoms with van der Waals surface area (Å²) in [4.78, 5) is 12.2. The highest BCUT2D eigenvalue weighted by Gasteiger charge is 2.27. The van der Waals surface area contributed by atoms with Crippen molar-refractivity contribution in [2.24, 2.45) is 0 Å². The van der Waals surface area contributed by atoms with E-state index in [1.807, 2.05) is 60.7 Å². The van der Waals surface area contributed by atoms with Crippen molar-refractivity contribution in [2.45, 2.75) is 31.7 Å². The zero-order chi connectivity index (χ0) is 19.8. The Hall–Kier alpha value is -2.44. The van der Waals surface area contributed by atoms with Crippen molar-refractivity contribution in [2.75, 3.05) is 13.1 Å². The molecule has 0 saturated carbocycles. The lowest BCUT2D eigenvalue weighted by atomic mass is 10.1. The van der Waals surface area contributed by atoms with E-state index in [4.69, 9.17) is 0 Å². The molecule has 0 radical (unpaired) electrons. The zero-order valence-electron chi connectivity index (χ0n) is 15.8. The molecule has 3 rings (SSSR count). The molecule has 0 aliphatic carbocycles. The van der Waals surface area contributed by atoms with Crippen LogP contribution in [0.5, 0.6) is 0 Å². The first-order valence-electron chi connectivity index (χ1n) is 9.59. The summed E-state index contributed by atoms with van der Waals surface area (Å²) in [5.74, 6) is 0.0223. The van der Waals surface area contributed by atoms with E-state index in [-0.39, 0.29) is 11.9 Å². The first-order valence-corrected chi connectivity index (χ1v) is 11.1. The standard InChI is InChI=1S/C22H26N2O3S/c25-22(12-11-19-7-3-1-4-8-19)23-21-13-16-24(17-14-21)28(26,27)18-15-20-9-5-2-6-10-20/h1-10,15,18,21H,11-14,16-17H2,(H,23,25). The molecule has 1 N–H and O–H groups in total. The van der Waals surface area contributed by atoms with Crippen LogP contribution in [0.15, 0.2) is 66.1 Å². The van der Waals surface area contributed by atoms with Gasteiger partial charge in [0.15, 0.2) is 0 Å². The third-order valence-corrected chi connectivity index (χ3v) is 6.46. The third-order valence-electron chi connectivity index (χ3n) is 4.89. The average molecular weight is 399 g/mol. The van der Waals surface area contributed by atoms with Crippen molar-refractivity contribution in [3.8, 4) is 0 Å². The van der Waals surface area contributed by atoms with Gasteiger partial charge in [0.1, 0.15) is 0 Å². The number of amides is 1. The van der Waals surface area contributed by atoms with E-state index < -0.39 is 10.0 Å². The van der Waals surface area contributed by atoms with Crippen molar-refractivity contribution >= 4 is 22.0 Å². The summed E-state index contributed by atoms with van der Waals surface area (Å²) in [6.45, 7) is 0.843. The molecule has 0 spiro atoms. The number of nitrogens with zero attached hydrogens (tertiary/aromatic N) is 1. The molecule has 1 aliphatic rings. The highest BCUT2D eigenvalue weighted by molar-refractivity contribution is 7.92. The Kier molecular flexibility index (Phi) is 7.01. The maximum atomic E-state index is 12.5. The van der Waals surface area contributed by atoms with Gasteiger partial charge in [-0.1, -0.05) is 60.7 Å². The molecule has 2 aromatic rings. The van der Waals surface area contributed by atoms with Gasteiger partial charge >= 0.3 is 0 Å². The van der Waals surface area contributed by atoms with Crippen molar-refractivity contribution in [3.63, 3.8) is 0 Å². The zero-order valence-corrected chi connectivity index (χ0v) is 16.6. The molecule has 1 aliphatic heterocycles. The lowest BCUT2D eigenvalue weighted by Gasteiger charge is -2.30. The van der Waals surface area contributed by atoms with Gasteiger partial charge in [0.25, 0.3) is 0 Å². The molecule has 0 atom stereocenters. The number of hydrogen-bond acceptors (Lipinski definition) is 3. The van der Waals surface area contributed by atoms with Gasteiger partial charge < -0.3 is 5.32 Å². The second kappa shape index (κ2) is 9.66. The Morgan fingerprint density at radius 3 is 2.25 bits per heavy atom. The fourth-order valence-electron chi connectivity index (χ4n) is 3.27. The summed E-state index contributed by atoms with van der Waals surface area (Å²) in [5.41, 5.74) is 2.00. The molecular formula is C22H26N2O3S. The largest absolute Gasteiger partial charge is 0.353 e. The van der Waals surface area contributed by atoms with Crippen molar-refractivity contribution in [1.29, 1.82) is 0 Å². The molecular weight excluding hydrogens is 372 g/mol. The predicted octanol–water partition coefficient (Wildman–Crippen LogP) is 3.20. The number of carbonyl (C=O) groups excluding carboxylic acids is 1. The number of hydrogen-bond donors (Lipinski definition) is 1. The van der Waals surface area contributed by atoms with Crippen LogP contribution < -0.4 is 5.32 Å². The molecule has 0 aromatic heterocycles. The molecule has 1 saturated heterocycles. The van der Waals surface area contributed by atoms with Crippen LogP contribution in [0.4, 0.5) is 0 Å². The third kappa shape index (κ3) is 6.04. The summed E-state index contributed by atoms with van der Waals surface area (Å²) in [5, 5.41) is 4.31. The number of nitrogens with one attached hydrogen (secondary N) is 1. The topological polar surface area (TPSA) is 66.5 Å². The monoisotopic (exact) mass is 398 g/mol. The summed E-state index contributed by atoms with van der Waals surface area (Å²) < 4.78 is 26.5. The highest BCUT2D eigenvalue weighted by Crippen LogP contribution is 2.16. The SMILES string of the molecule is O=C(CCc1ccccc1)NC1CCN(S(=O)(=O)C=Cc2ccccc2)CC1. The van der Waals surface area contributed by atoms with Gasteiger partial charge in [0.2, 0.25) is 15.9 Å². The Balaban J connectivity index is 1.44. The summed E-state index contributed by atoms with van der Waals surface area (Å²) in [6, 6.07) is 19.3. The van der Waals surface area contributed by atoms with Gasteiger partial charge in [-0.15, -0.1) is 0 Å². The molecule has 5 nitrogen and oxygen atoms in total. The highest BCUT2D eigenvalue weighted by atomic mass is 32.2. The number of rotatable bonds is 7. The molecule has 1 amide bonds. The quantitative estimate of drug-likeness (QED) is 0.779.